The zero-order chi connectivity index (χ0) is 14.9. The molecule has 0 aliphatic carbocycles. The van der Waals surface area contributed by atoms with E-state index < -0.39 is 11.9 Å². The fourth-order valence-corrected chi connectivity index (χ4v) is 2.67. The van der Waals surface area contributed by atoms with Crippen LogP contribution in [-0.4, -0.2) is 24.3 Å². The Morgan fingerprint density at radius 2 is 1.85 bits per heavy atom. The number of carboxylic acids is 1. The zero-order valence-electron chi connectivity index (χ0n) is 11.9. The maximum atomic E-state index is 11.3. The van der Waals surface area contributed by atoms with Gasteiger partial charge in [-0.2, -0.15) is 0 Å². The Morgan fingerprint density at radius 1 is 1.25 bits per heavy atom. The lowest BCUT2D eigenvalue weighted by Crippen LogP contribution is -2.12. The number of aliphatic carboxylic acids is 1. The van der Waals surface area contributed by atoms with Gasteiger partial charge in [0.15, 0.2) is 11.5 Å². The van der Waals surface area contributed by atoms with Gasteiger partial charge in [-0.1, -0.05) is 25.4 Å². The van der Waals surface area contributed by atoms with Gasteiger partial charge >= 0.3 is 5.97 Å². The summed E-state index contributed by atoms with van der Waals surface area (Å²) in [6.45, 7) is 6.78. The molecular weight excluding hydrogens is 280 g/mol. The number of carboxylic acid groups (broad SMARTS) is 1. The lowest BCUT2D eigenvalue weighted by Gasteiger charge is -2.22. The van der Waals surface area contributed by atoms with E-state index in [0.29, 0.717) is 35.3 Å². The molecule has 1 aromatic carbocycles. The summed E-state index contributed by atoms with van der Waals surface area (Å²) in [5, 5.41) is 9.69. The van der Waals surface area contributed by atoms with Crippen LogP contribution in [-0.2, 0) is 4.79 Å². The highest BCUT2D eigenvalue weighted by Gasteiger charge is 2.28. The Kier molecular flexibility index (Phi) is 4.43. The van der Waals surface area contributed by atoms with E-state index in [1.165, 1.54) is 0 Å². The van der Waals surface area contributed by atoms with E-state index in [9.17, 15) is 9.90 Å². The summed E-state index contributed by atoms with van der Waals surface area (Å²) in [6.07, 6.45) is 0.784. The molecule has 0 saturated carbocycles. The van der Waals surface area contributed by atoms with Crippen LogP contribution in [0.25, 0.3) is 0 Å². The van der Waals surface area contributed by atoms with Gasteiger partial charge in [-0.15, -0.1) is 0 Å². The van der Waals surface area contributed by atoms with Crippen LogP contribution < -0.4 is 9.47 Å². The second-order valence-corrected chi connectivity index (χ2v) is 5.69. The average molecular weight is 299 g/mol. The number of hydrogen-bond acceptors (Lipinski definition) is 3. The smallest absolute Gasteiger partial charge is 0.310 e. The molecular formula is C15H19ClO4. The van der Waals surface area contributed by atoms with Crippen molar-refractivity contribution in [2.24, 2.45) is 0 Å². The highest BCUT2D eigenvalue weighted by molar-refractivity contribution is 6.32. The first-order valence-electron chi connectivity index (χ1n) is 6.78. The Hall–Kier alpha value is -1.42. The van der Waals surface area contributed by atoms with Gasteiger partial charge in [-0.05, 0) is 24.5 Å². The van der Waals surface area contributed by atoms with Gasteiger partial charge in [0.25, 0.3) is 0 Å². The van der Waals surface area contributed by atoms with Crippen molar-refractivity contribution >= 4 is 17.6 Å². The summed E-state index contributed by atoms with van der Waals surface area (Å²) in [4.78, 5) is 11.3. The van der Waals surface area contributed by atoms with Crippen LogP contribution in [0.3, 0.4) is 0 Å². The van der Waals surface area contributed by atoms with E-state index in [-0.39, 0.29) is 5.92 Å². The van der Waals surface area contributed by atoms with Gasteiger partial charge in [0.1, 0.15) is 0 Å². The molecule has 0 fully saturated rings. The van der Waals surface area contributed by atoms with Crippen molar-refractivity contribution in [2.45, 2.75) is 39.0 Å². The fourth-order valence-electron chi connectivity index (χ4n) is 2.41. The van der Waals surface area contributed by atoms with E-state index in [1.807, 2.05) is 13.8 Å². The number of hydrogen-bond donors (Lipinski definition) is 1. The van der Waals surface area contributed by atoms with Crippen molar-refractivity contribution in [1.82, 2.24) is 0 Å². The normalized spacial score (nSPS) is 15.8. The highest BCUT2D eigenvalue weighted by atomic mass is 35.5. The molecule has 1 N–H and O–H groups in total. The van der Waals surface area contributed by atoms with Crippen molar-refractivity contribution in [3.63, 3.8) is 0 Å². The maximum Gasteiger partial charge on any atom is 0.310 e. The summed E-state index contributed by atoms with van der Waals surface area (Å²) in [5.41, 5.74) is 1.57. The first-order valence-corrected chi connectivity index (χ1v) is 7.16. The van der Waals surface area contributed by atoms with E-state index in [0.717, 1.165) is 12.0 Å². The molecule has 4 nitrogen and oxygen atoms in total. The topological polar surface area (TPSA) is 55.8 Å². The Bertz CT molecular complexity index is 525. The van der Waals surface area contributed by atoms with Crippen molar-refractivity contribution in [3.8, 4) is 11.5 Å². The van der Waals surface area contributed by atoms with Gasteiger partial charge < -0.3 is 14.6 Å². The van der Waals surface area contributed by atoms with Crippen molar-refractivity contribution in [3.05, 3.63) is 22.2 Å². The van der Waals surface area contributed by atoms with E-state index in [4.69, 9.17) is 21.1 Å². The predicted molar refractivity (Wildman–Crippen MR) is 77.2 cm³/mol. The highest BCUT2D eigenvalue weighted by Crippen LogP contribution is 2.46. The average Bonchev–Trinajstić information content (AvgIpc) is 2.62. The quantitative estimate of drug-likeness (QED) is 0.922. The molecule has 0 bridgehead atoms. The summed E-state index contributed by atoms with van der Waals surface area (Å²) < 4.78 is 11.5. The van der Waals surface area contributed by atoms with Crippen molar-refractivity contribution in [2.75, 3.05) is 13.2 Å². The lowest BCUT2D eigenvalue weighted by molar-refractivity contribution is -0.138. The molecule has 110 valence electrons. The predicted octanol–water partition coefficient (Wildman–Crippen LogP) is 3.81. The molecule has 0 saturated heterocycles. The molecule has 0 aromatic heterocycles. The third-order valence-electron chi connectivity index (χ3n) is 3.46. The largest absolute Gasteiger partial charge is 0.489 e. The van der Waals surface area contributed by atoms with Crippen LogP contribution in [0.2, 0.25) is 5.02 Å². The first kappa shape index (κ1) is 15.0. The van der Waals surface area contributed by atoms with Gasteiger partial charge in [0, 0.05) is 12.0 Å². The second kappa shape index (κ2) is 5.92. The third kappa shape index (κ3) is 2.70. The number of carbonyl (C=O) groups is 1. The SMILES string of the molecule is CC(C)c1c(C(C)C(=O)O)cc(Cl)c2c1OCCCO2. The van der Waals surface area contributed by atoms with Gasteiger partial charge in [-0.25, -0.2) is 0 Å². The van der Waals surface area contributed by atoms with Crippen molar-refractivity contribution < 1.29 is 19.4 Å². The van der Waals surface area contributed by atoms with Crippen LogP contribution in [0.4, 0.5) is 0 Å². The Balaban J connectivity index is 2.66. The lowest BCUT2D eigenvalue weighted by atomic mass is 9.88. The van der Waals surface area contributed by atoms with E-state index >= 15 is 0 Å². The maximum absolute atomic E-state index is 11.3. The van der Waals surface area contributed by atoms with E-state index in [2.05, 4.69) is 0 Å². The minimum atomic E-state index is -0.877. The molecule has 0 radical (unpaired) electrons. The zero-order valence-corrected chi connectivity index (χ0v) is 12.7. The fraction of sp³-hybridized carbons (Fsp3) is 0.533. The van der Waals surface area contributed by atoms with Gasteiger partial charge in [0.2, 0.25) is 0 Å². The van der Waals surface area contributed by atoms with Crippen LogP contribution in [0, 0.1) is 0 Å². The van der Waals surface area contributed by atoms with Crippen LogP contribution >= 0.6 is 11.6 Å². The Morgan fingerprint density at radius 3 is 2.40 bits per heavy atom. The first-order chi connectivity index (χ1) is 9.43. The van der Waals surface area contributed by atoms with E-state index in [1.54, 1.807) is 13.0 Å². The van der Waals surface area contributed by atoms with Crippen molar-refractivity contribution in [1.29, 1.82) is 0 Å². The van der Waals surface area contributed by atoms with Gasteiger partial charge in [0.05, 0.1) is 24.2 Å². The summed E-state index contributed by atoms with van der Waals surface area (Å²) in [5.74, 6) is -0.249. The Labute approximate surface area is 123 Å². The molecule has 5 heteroatoms. The number of halogens is 1. The second-order valence-electron chi connectivity index (χ2n) is 5.28. The summed E-state index contributed by atoms with van der Waals surface area (Å²) in [6, 6.07) is 1.70. The van der Waals surface area contributed by atoms with Gasteiger partial charge in [-0.3, -0.25) is 4.79 Å². The number of ether oxygens (including phenoxy) is 2. The summed E-state index contributed by atoms with van der Waals surface area (Å²) >= 11 is 6.25. The minimum Gasteiger partial charge on any atom is -0.489 e. The summed E-state index contributed by atoms with van der Waals surface area (Å²) in [7, 11) is 0. The minimum absolute atomic E-state index is 0.125. The molecule has 0 spiro atoms. The van der Waals surface area contributed by atoms with Crippen LogP contribution in [0.5, 0.6) is 11.5 Å². The number of rotatable bonds is 3. The number of fused-ring (bicyclic) bond motifs is 1. The molecule has 20 heavy (non-hydrogen) atoms. The molecule has 1 aliphatic heterocycles. The molecule has 1 aliphatic rings. The molecule has 1 atom stereocenters. The van der Waals surface area contributed by atoms with Crippen LogP contribution in [0.1, 0.15) is 50.2 Å². The third-order valence-corrected chi connectivity index (χ3v) is 3.74. The standard InChI is InChI=1S/C15H19ClO4/c1-8(2)12-10(9(3)15(17)18)7-11(16)13-14(12)20-6-4-5-19-13/h7-9H,4-6H2,1-3H3,(H,17,18). The molecule has 1 unspecified atom stereocenters. The monoisotopic (exact) mass is 298 g/mol. The number of benzene rings is 1. The molecule has 1 aromatic rings. The molecule has 2 rings (SSSR count). The molecule has 0 amide bonds. The van der Waals surface area contributed by atoms with Crippen LogP contribution in [0.15, 0.2) is 6.07 Å². The molecule has 1 heterocycles.